The summed E-state index contributed by atoms with van der Waals surface area (Å²) in [6, 6.07) is 6.98. The first-order chi connectivity index (χ1) is 20.1. The summed E-state index contributed by atoms with van der Waals surface area (Å²) in [7, 11) is 1.31. The van der Waals surface area contributed by atoms with Gasteiger partial charge in [-0.3, -0.25) is 4.79 Å². The van der Waals surface area contributed by atoms with Gasteiger partial charge in [-0.05, 0) is 92.4 Å². The number of rotatable bonds is 7. The fourth-order valence-electron chi connectivity index (χ4n) is 8.77. The van der Waals surface area contributed by atoms with Gasteiger partial charge in [-0.1, -0.05) is 48.9 Å². The summed E-state index contributed by atoms with van der Waals surface area (Å²) in [5.74, 6) is 0.792. The summed E-state index contributed by atoms with van der Waals surface area (Å²) < 4.78 is 4.95. The lowest BCUT2D eigenvalue weighted by Gasteiger charge is -2.58. The van der Waals surface area contributed by atoms with Crippen molar-refractivity contribution in [3.63, 3.8) is 0 Å². The molecule has 0 aliphatic heterocycles. The molecule has 224 valence electrons. The topological polar surface area (TPSA) is 113 Å². The van der Waals surface area contributed by atoms with Crippen LogP contribution in [0.5, 0.6) is 0 Å². The highest BCUT2D eigenvalue weighted by Crippen LogP contribution is 2.66. The van der Waals surface area contributed by atoms with Crippen LogP contribution in [-0.4, -0.2) is 53.0 Å². The molecule has 3 fully saturated rings. The second-order valence-corrected chi connectivity index (χ2v) is 13.5. The Hall–Kier alpha value is -3.39. The highest BCUT2D eigenvalue weighted by atomic mass is 16.6. The molecular formula is C34H43N3O5. The van der Waals surface area contributed by atoms with Crippen molar-refractivity contribution in [2.75, 3.05) is 13.7 Å². The Labute approximate surface area is 247 Å². The number of carbonyl (C=O) groups is 2. The van der Waals surface area contributed by atoms with E-state index in [1.54, 1.807) is 0 Å². The number of ether oxygens (including phenoxy) is 1. The third kappa shape index (κ3) is 4.77. The zero-order valence-electron chi connectivity index (χ0n) is 25.1. The van der Waals surface area contributed by atoms with E-state index < -0.39 is 23.5 Å². The molecule has 0 radical (unpaired) electrons. The molecule has 0 saturated heterocycles. The quantitative estimate of drug-likeness (QED) is 0.310. The van der Waals surface area contributed by atoms with E-state index in [0.29, 0.717) is 29.9 Å². The number of nitrogens with zero attached hydrogens (tertiary/aromatic N) is 1. The van der Waals surface area contributed by atoms with E-state index in [1.807, 2.05) is 43.5 Å². The minimum absolute atomic E-state index is 0.00739. The van der Waals surface area contributed by atoms with Gasteiger partial charge >= 0.3 is 5.97 Å². The predicted molar refractivity (Wildman–Crippen MR) is 162 cm³/mol. The maximum absolute atomic E-state index is 12.7. The monoisotopic (exact) mass is 573 g/mol. The third-order valence-electron chi connectivity index (χ3n) is 11.4. The number of nitrogens with one attached hydrogen (secondary N) is 2. The average molecular weight is 574 g/mol. The zero-order valence-corrected chi connectivity index (χ0v) is 25.1. The number of H-pyrrole nitrogens is 1. The van der Waals surface area contributed by atoms with Gasteiger partial charge in [0.2, 0.25) is 0 Å². The van der Waals surface area contributed by atoms with Crippen LogP contribution in [0, 0.1) is 28.6 Å². The number of methoxy groups -OCH3 is 1. The van der Waals surface area contributed by atoms with Crippen LogP contribution in [0.25, 0.3) is 10.9 Å². The summed E-state index contributed by atoms with van der Waals surface area (Å²) in [5, 5.41) is 19.2. The highest BCUT2D eigenvalue weighted by Gasteiger charge is 2.62. The SMILES string of the molecule is COC(=O)[C@H](Cc1c[nH]c2ccccc12)NC(=O)CO/N=C1\C=C[C@]2(C)C(=C1)CC[C@H]1[C@H]3CC[C@](C)(O)[C@]3(C)CC[C@@H]12. The van der Waals surface area contributed by atoms with Crippen LogP contribution < -0.4 is 5.32 Å². The number of oxime groups is 1. The molecule has 7 atom stereocenters. The first kappa shape index (κ1) is 28.7. The fraction of sp³-hybridized carbons (Fsp3) is 0.559. The summed E-state index contributed by atoms with van der Waals surface area (Å²) >= 11 is 0. The highest BCUT2D eigenvalue weighted by molar-refractivity contribution is 6.05. The molecule has 1 aromatic heterocycles. The van der Waals surface area contributed by atoms with Crippen LogP contribution in [0.15, 0.2) is 59.4 Å². The molecule has 3 saturated carbocycles. The van der Waals surface area contributed by atoms with Crippen LogP contribution in [0.1, 0.15) is 64.9 Å². The number of allylic oxidation sites excluding steroid dienone is 4. The van der Waals surface area contributed by atoms with E-state index in [4.69, 9.17) is 9.57 Å². The van der Waals surface area contributed by atoms with E-state index in [2.05, 4.69) is 41.5 Å². The molecule has 3 N–H and O–H groups in total. The van der Waals surface area contributed by atoms with Crippen LogP contribution in [0.2, 0.25) is 0 Å². The second-order valence-electron chi connectivity index (χ2n) is 13.5. The summed E-state index contributed by atoms with van der Waals surface area (Å²) in [4.78, 5) is 33.9. The van der Waals surface area contributed by atoms with Gasteiger partial charge in [-0.15, -0.1) is 0 Å². The Morgan fingerprint density at radius 3 is 2.74 bits per heavy atom. The standard InChI is InChI=1S/C34H43N3O5/c1-32-14-11-23(18-22(32)9-10-25-26(32)12-15-33(2)27(25)13-16-34(33,3)40)37-42-20-30(38)36-29(31(39)41-4)17-21-19-35-28-8-6-5-7-24(21)28/h5-8,11,14,18-19,25-27,29,35,40H,9-10,12-13,15-17,20H2,1-4H3,(H,36,38)/b37-23+/t25-,26+,27-,29+,32-,33-,34+/m1/s1. The molecule has 1 amide bonds. The molecule has 1 aromatic carbocycles. The second kappa shape index (κ2) is 10.7. The molecular weight excluding hydrogens is 530 g/mol. The number of aromatic amines is 1. The van der Waals surface area contributed by atoms with Crippen molar-refractivity contribution in [3.8, 4) is 0 Å². The summed E-state index contributed by atoms with van der Waals surface area (Å²) in [5.41, 5.74) is 3.37. The van der Waals surface area contributed by atoms with Gasteiger partial charge in [-0.25, -0.2) is 4.79 Å². The Morgan fingerprint density at radius 1 is 1.14 bits per heavy atom. The number of amides is 1. The van der Waals surface area contributed by atoms with Gasteiger partial charge in [0.05, 0.1) is 12.7 Å². The van der Waals surface area contributed by atoms with E-state index >= 15 is 0 Å². The van der Waals surface area contributed by atoms with Crippen molar-refractivity contribution in [2.24, 2.45) is 33.7 Å². The molecule has 8 nitrogen and oxygen atoms in total. The summed E-state index contributed by atoms with van der Waals surface area (Å²) in [6.07, 6.45) is 14.9. The third-order valence-corrected chi connectivity index (χ3v) is 11.4. The Balaban J connectivity index is 1.08. The van der Waals surface area contributed by atoms with Gasteiger partial charge in [0.25, 0.3) is 5.91 Å². The van der Waals surface area contributed by atoms with Gasteiger partial charge in [0.1, 0.15) is 11.8 Å². The van der Waals surface area contributed by atoms with Gasteiger partial charge in [0, 0.05) is 28.9 Å². The van der Waals surface area contributed by atoms with E-state index in [0.717, 1.165) is 55.0 Å². The Kier molecular flexibility index (Phi) is 7.32. The normalized spacial score (nSPS) is 35.1. The molecule has 2 aromatic rings. The number of para-hydroxylation sites is 1. The van der Waals surface area contributed by atoms with Crippen molar-refractivity contribution >= 4 is 28.5 Å². The molecule has 42 heavy (non-hydrogen) atoms. The van der Waals surface area contributed by atoms with Gasteiger partial charge < -0.3 is 25.0 Å². The molecule has 4 aliphatic carbocycles. The van der Waals surface area contributed by atoms with Crippen molar-refractivity contribution in [1.82, 2.24) is 10.3 Å². The number of fused-ring (bicyclic) bond motifs is 6. The molecule has 0 spiro atoms. The minimum Gasteiger partial charge on any atom is -0.467 e. The molecule has 6 rings (SSSR count). The maximum Gasteiger partial charge on any atom is 0.328 e. The molecule has 4 aliphatic rings. The number of aliphatic hydroxyl groups is 1. The smallest absolute Gasteiger partial charge is 0.328 e. The fourth-order valence-corrected chi connectivity index (χ4v) is 8.77. The van der Waals surface area contributed by atoms with Crippen LogP contribution in [-0.2, 0) is 25.6 Å². The molecule has 8 heteroatoms. The van der Waals surface area contributed by atoms with Gasteiger partial charge in [-0.2, -0.15) is 0 Å². The first-order valence-corrected chi connectivity index (χ1v) is 15.3. The molecule has 0 bridgehead atoms. The lowest BCUT2D eigenvalue weighted by atomic mass is 9.47. The first-order valence-electron chi connectivity index (χ1n) is 15.3. The van der Waals surface area contributed by atoms with Crippen molar-refractivity contribution in [1.29, 1.82) is 0 Å². The largest absolute Gasteiger partial charge is 0.467 e. The average Bonchev–Trinajstić information content (AvgIpc) is 3.49. The molecule has 0 unspecified atom stereocenters. The number of esters is 1. The van der Waals surface area contributed by atoms with Gasteiger partial charge in [0.15, 0.2) is 6.61 Å². The number of benzene rings is 1. The minimum atomic E-state index is -0.841. The van der Waals surface area contributed by atoms with Crippen molar-refractivity contribution < 1.29 is 24.3 Å². The number of carbonyl (C=O) groups excluding carboxylic acids is 2. The number of aromatic nitrogens is 1. The van der Waals surface area contributed by atoms with Crippen LogP contribution in [0.3, 0.4) is 0 Å². The Bertz CT molecular complexity index is 1470. The van der Waals surface area contributed by atoms with E-state index in [-0.39, 0.29) is 17.4 Å². The van der Waals surface area contributed by atoms with E-state index in [9.17, 15) is 14.7 Å². The lowest BCUT2D eigenvalue weighted by molar-refractivity contribution is -0.145. The number of hydrogen-bond donors (Lipinski definition) is 3. The number of hydrogen-bond acceptors (Lipinski definition) is 6. The van der Waals surface area contributed by atoms with Crippen LogP contribution in [0.4, 0.5) is 0 Å². The maximum atomic E-state index is 12.7. The lowest BCUT2D eigenvalue weighted by Crippen LogP contribution is -2.53. The predicted octanol–water partition coefficient (Wildman–Crippen LogP) is 5.23. The van der Waals surface area contributed by atoms with Crippen LogP contribution >= 0.6 is 0 Å². The Morgan fingerprint density at radius 2 is 1.93 bits per heavy atom. The summed E-state index contributed by atoms with van der Waals surface area (Å²) in [6.45, 7) is 6.42. The van der Waals surface area contributed by atoms with E-state index in [1.165, 1.54) is 12.7 Å². The molecule has 1 heterocycles. The zero-order chi connectivity index (χ0) is 29.7. The van der Waals surface area contributed by atoms with Crippen molar-refractivity contribution in [3.05, 3.63) is 59.8 Å². The van der Waals surface area contributed by atoms with Crippen molar-refractivity contribution in [2.45, 2.75) is 77.4 Å².